The molecule has 142 valence electrons. The number of ether oxygens (including phenoxy) is 2. The highest BCUT2D eigenvalue weighted by atomic mass is 35.5. The van der Waals surface area contributed by atoms with Crippen LogP contribution >= 0.6 is 11.6 Å². The number of nitrogens with two attached hydrogens (primary N) is 1. The largest absolute Gasteiger partial charge is 0.487 e. The Kier molecular flexibility index (Phi) is 5.52. The molecule has 0 spiro atoms. The van der Waals surface area contributed by atoms with Gasteiger partial charge in [-0.15, -0.1) is 0 Å². The van der Waals surface area contributed by atoms with Gasteiger partial charge >= 0.3 is 5.97 Å². The second-order valence-electron chi connectivity index (χ2n) is 5.81. The molecule has 0 saturated heterocycles. The van der Waals surface area contributed by atoms with Crippen LogP contribution in [0.15, 0.2) is 48.7 Å². The molecule has 0 aliphatic carbocycles. The summed E-state index contributed by atoms with van der Waals surface area (Å²) in [6.45, 7) is 0.138. The van der Waals surface area contributed by atoms with Gasteiger partial charge < -0.3 is 19.8 Å². The molecule has 0 amide bonds. The molecule has 3 rings (SSSR count). The lowest BCUT2D eigenvalue weighted by Crippen LogP contribution is -2.11. The van der Waals surface area contributed by atoms with Crippen LogP contribution in [0.1, 0.15) is 21.6 Å². The number of rotatable bonds is 5. The fraction of sp³-hybridized carbons (Fsp3) is 0.100. The van der Waals surface area contributed by atoms with Crippen LogP contribution in [0, 0.1) is 17.1 Å². The number of esters is 1. The smallest absolute Gasteiger partial charge is 0.357 e. The van der Waals surface area contributed by atoms with Crippen molar-refractivity contribution in [1.82, 2.24) is 4.57 Å². The van der Waals surface area contributed by atoms with Crippen LogP contribution in [0.2, 0.25) is 5.02 Å². The van der Waals surface area contributed by atoms with E-state index in [9.17, 15) is 14.4 Å². The molecule has 28 heavy (non-hydrogen) atoms. The quantitative estimate of drug-likeness (QED) is 0.652. The second kappa shape index (κ2) is 8.03. The molecular formula is C20H15ClFN3O3. The molecule has 1 heterocycles. The average Bonchev–Trinajstić information content (AvgIpc) is 3.03. The lowest BCUT2D eigenvalue weighted by atomic mass is 10.2. The number of anilines is 1. The number of hydrogen-bond donors (Lipinski definition) is 1. The molecule has 0 atom stereocenters. The maximum atomic E-state index is 13.3. The van der Waals surface area contributed by atoms with Crippen molar-refractivity contribution < 1.29 is 18.7 Å². The Labute approximate surface area is 165 Å². The fourth-order valence-electron chi connectivity index (χ4n) is 2.66. The van der Waals surface area contributed by atoms with Gasteiger partial charge in [0.25, 0.3) is 0 Å². The molecule has 8 heteroatoms. The van der Waals surface area contributed by atoms with Crippen LogP contribution in [0.5, 0.6) is 5.75 Å². The highest BCUT2D eigenvalue weighted by Crippen LogP contribution is 2.31. The van der Waals surface area contributed by atoms with Gasteiger partial charge in [0, 0.05) is 11.9 Å². The summed E-state index contributed by atoms with van der Waals surface area (Å²) < 4.78 is 25.1. The Hall–Kier alpha value is -3.50. The first-order chi connectivity index (χ1) is 13.4. The third-order valence-corrected chi connectivity index (χ3v) is 4.32. The molecule has 3 aromatic rings. The third-order valence-electron chi connectivity index (χ3n) is 4.02. The van der Waals surface area contributed by atoms with Crippen LogP contribution in [0.4, 0.5) is 10.1 Å². The molecule has 0 radical (unpaired) electrons. The predicted molar refractivity (Wildman–Crippen MR) is 102 cm³/mol. The van der Waals surface area contributed by atoms with Gasteiger partial charge in [0.15, 0.2) is 5.69 Å². The van der Waals surface area contributed by atoms with Gasteiger partial charge in [-0.3, -0.25) is 0 Å². The first-order valence-corrected chi connectivity index (χ1v) is 8.48. The number of nitrogen functional groups attached to an aromatic ring is 1. The fourth-order valence-corrected chi connectivity index (χ4v) is 2.89. The van der Waals surface area contributed by atoms with Crippen LogP contribution in [0.25, 0.3) is 5.69 Å². The van der Waals surface area contributed by atoms with Gasteiger partial charge in [-0.05, 0) is 35.9 Å². The van der Waals surface area contributed by atoms with E-state index in [4.69, 9.17) is 26.8 Å². The number of aromatic nitrogens is 1. The Morgan fingerprint density at radius 3 is 2.75 bits per heavy atom. The number of nitrogens with zero attached hydrogens (tertiary/aromatic N) is 2. The molecule has 2 aromatic carbocycles. The predicted octanol–water partition coefficient (Wildman–Crippen LogP) is 4.09. The van der Waals surface area contributed by atoms with Crippen molar-refractivity contribution in [3.63, 3.8) is 0 Å². The average molecular weight is 400 g/mol. The maximum absolute atomic E-state index is 13.3. The van der Waals surface area contributed by atoms with Crippen molar-refractivity contribution in [3.05, 3.63) is 76.3 Å². The van der Waals surface area contributed by atoms with Crippen molar-refractivity contribution >= 4 is 23.3 Å². The van der Waals surface area contributed by atoms with Crippen LogP contribution in [-0.4, -0.2) is 17.6 Å². The van der Waals surface area contributed by atoms with E-state index in [0.29, 0.717) is 17.0 Å². The second-order valence-corrected chi connectivity index (χ2v) is 6.22. The number of hydrogen-bond acceptors (Lipinski definition) is 5. The molecule has 0 fully saturated rings. The molecule has 0 unspecified atom stereocenters. The topological polar surface area (TPSA) is 90.3 Å². The monoisotopic (exact) mass is 399 g/mol. The molecular weight excluding hydrogens is 385 g/mol. The molecule has 0 aliphatic rings. The Balaban J connectivity index is 1.91. The first-order valence-electron chi connectivity index (χ1n) is 8.11. The number of carbonyl (C=O) groups excluding carboxylic acids is 1. The number of nitriles is 1. The summed E-state index contributed by atoms with van der Waals surface area (Å²) in [4.78, 5) is 12.1. The third kappa shape index (κ3) is 3.77. The molecule has 0 bridgehead atoms. The van der Waals surface area contributed by atoms with Gasteiger partial charge in [-0.25, -0.2) is 9.18 Å². The summed E-state index contributed by atoms with van der Waals surface area (Å²) in [6.07, 6.45) is 1.43. The number of halogens is 2. The van der Waals surface area contributed by atoms with E-state index in [0.717, 1.165) is 0 Å². The highest BCUT2D eigenvalue weighted by molar-refractivity contribution is 6.32. The molecule has 1 aromatic heterocycles. The number of carbonyl (C=O) groups is 1. The van der Waals surface area contributed by atoms with E-state index in [1.165, 1.54) is 30.0 Å². The molecule has 6 nitrogen and oxygen atoms in total. The standard InChI is InChI=1S/C20H15ClFN3O3/c1-27-20(26)19-18(24)13(9-23)10-25(19)15-5-6-17(16(21)8-15)28-11-12-3-2-4-14(22)7-12/h2-8,10H,11,24H2,1H3. The van der Waals surface area contributed by atoms with Gasteiger partial charge in [0.1, 0.15) is 24.2 Å². The zero-order valence-corrected chi connectivity index (χ0v) is 15.5. The van der Waals surface area contributed by atoms with Gasteiger partial charge in [0.05, 0.1) is 23.4 Å². The minimum atomic E-state index is -0.679. The van der Waals surface area contributed by atoms with E-state index >= 15 is 0 Å². The zero-order valence-electron chi connectivity index (χ0n) is 14.8. The minimum Gasteiger partial charge on any atom is -0.487 e. The van der Waals surface area contributed by atoms with Crippen LogP contribution in [-0.2, 0) is 11.3 Å². The number of methoxy groups -OCH3 is 1. The first kappa shape index (κ1) is 19.3. The SMILES string of the molecule is COC(=O)c1c(N)c(C#N)cn1-c1ccc(OCc2cccc(F)c2)c(Cl)c1. The summed E-state index contributed by atoms with van der Waals surface area (Å²) in [6, 6.07) is 12.8. The molecule has 0 aliphatic heterocycles. The Bertz CT molecular complexity index is 1090. The number of benzene rings is 2. The summed E-state index contributed by atoms with van der Waals surface area (Å²) in [5.74, 6) is -0.645. The van der Waals surface area contributed by atoms with Crippen LogP contribution < -0.4 is 10.5 Å². The summed E-state index contributed by atoms with van der Waals surface area (Å²) >= 11 is 6.30. The van der Waals surface area contributed by atoms with Gasteiger partial charge in [0.2, 0.25) is 0 Å². The van der Waals surface area contributed by atoms with Gasteiger partial charge in [-0.1, -0.05) is 23.7 Å². The lowest BCUT2D eigenvalue weighted by Gasteiger charge is -2.12. The molecule has 0 saturated carbocycles. The van der Waals surface area contributed by atoms with Crippen molar-refractivity contribution in [2.24, 2.45) is 0 Å². The minimum absolute atomic E-state index is 0.0249. The molecule has 2 N–H and O–H groups in total. The van der Waals surface area contributed by atoms with Crippen molar-refractivity contribution in [3.8, 4) is 17.5 Å². The van der Waals surface area contributed by atoms with E-state index in [1.54, 1.807) is 30.3 Å². The summed E-state index contributed by atoms with van der Waals surface area (Å²) in [5, 5.41) is 9.46. The lowest BCUT2D eigenvalue weighted by molar-refractivity contribution is 0.0593. The summed E-state index contributed by atoms with van der Waals surface area (Å²) in [7, 11) is 1.22. The normalized spacial score (nSPS) is 10.4. The van der Waals surface area contributed by atoms with E-state index in [2.05, 4.69) is 0 Å². The highest BCUT2D eigenvalue weighted by Gasteiger charge is 2.22. The Morgan fingerprint density at radius 2 is 2.11 bits per heavy atom. The maximum Gasteiger partial charge on any atom is 0.357 e. The van der Waals surface area contributed by atoms with E-state index in [1.807, 2.05) is 6.07 Å². The van der Waals surface area contributed by atoms with Crippen molar-refractivity contribution in [2.45, 2.75) is 6.61 Å². The van der Waals surface area contributed by atoms with E-state index in [-0.39, 0.29) is 34.4 Å². The summed E-state index contributed by atoms with van der Waals surface area (Å²) in [5.41, 5.74) is 7.24. The van der Waals surface area contributed by atoms with E-state index < -0.39 is 5.97 Å². The van der Waals surface area contributed by atoms with Gasteiger partial charge in [-0.2, -0.15) is 5.26 Å². The zero-order chi connectivity index (χ0) is 20.3. The van der Waals surface area contributed by atoms with Crippen molar-refractivity contribution in [1.29, 1.82) is 5.26 Å². The Morgan fingerprint density at radius 1 is 1.32 bits per heavy atom. The van der Waals surface area contributed by atoms with Crippen LogP contribution in [0.3, 0.4) is 0 Å². The van der Waals surface area contributed by atoms with Crippen molar-refractivity contribution in [2.75, 3.05) is 12.8 Å².